The molecule has 21 heavy (non-hydrogen) atoms. The number of carbonyl (C=O) groups excluding carboxylic acids is 2. The number of carbonyl (C=O) groups is 2. The predicted molar refractivity (Wildman–Crippen MR) is 77.6 cm³/mol. The molecule has 2 amide bonds. The number of benzene rings is 1. The quantitative estimate of drug-likeness (QED) is 0.816. The van der Waals surface area contributed by atoms with Crippen LogP contribution in [0.1, 0.15) is 16.8 Å². The van der Waals surface area contributed by atoms with E-state index in [4.69, 9.17) is 11.6 Å². The zero-order valence-electron chi connectivity index (χ0n) is 11.5. The number of nitrogens with zero attached hydrogens (tertiary/aromatic N) is 2. The van der Waals surface area contributed by atoms with E-state index < -0.39 is 0 Å². The first kappa shape index (κ1) is 15.4. The van der Waals surface area contributed by atoms with Crippen molar-refractivity contribution < 1.29 is 19.8 Å². The SMILES string of the molecule is O=C(CCCl)N1CCN(C(=O)c2cc(O)cc(O)c2)CC1. The first-order chi connectivity index (χ1) is 10.0. The molecule has 1 aromatic rings. The molecule has 0 bridgehead atoms. The molecule has 0 atom stereocenters. The van der Waals surface area contributed by atoms with Crippen molar-refractivity contribution in [3.8, 4) is 11.5 Å². The summed E-state index contributed by atoms with van der Waals surface area (Å²) in [5.74, 6) is -0.304. The number of halogens is 1. The van der Waals surface area contributed by atoms with Gasteiger partial charge in [0, 0.05) is 50.1 Å². The van der Waals surface area contributed by atoms with Crippen molar-refractivity contribution in [3.05, 3.63) is 23.8 Å². The third-order valence-electron chi connectivity index (χ3n) is 3.38. The summed E-state index contributed by atoms with van der Waals surface area (Å²) < 4.78 is 0. The smallest absolute Gasteiger partial charge is 0.254 e. The highest BCUT2D eigenvalue weighted by molar-refractivity contribution is 6.18. The minimum atomic E-state index is -0.273. The van der Waals surface area contributed by atoms with Crippen molar-refractivity contribution in [1.82, 2.24) is 9.80 Å². The van der Waals surface area contributed by atoms with Gasteiger partial charge in [-0.3, -0.25) is 9.59 Å². The Kier molecular flexibility index (Phi) is 4.90. The number of phenols is 2. The third-order valence-corrected chi connectivity index (χ3v) is 3.57. The summed E-state index contributed by atoms with van der Waals surface area (Å²) in [7, 11) is 0. The molecule has 1 fully saturated rings. The molecule has 0 saturated carbocycles. The first-order valence-electron chi connectivity index (χ1n) is 6.67. The van der Waals surface area contributed by atoms with Gasteiger partial charge in [0.15, 0.2) is 0 Å². The van der Waals surface area contributed by atoms with Gasteiger partial charge in [0.05, 0.1) is 0 Å². The number of piperazine rings is 1. The Balaban J connectivity index is 1.98. The van der Waals surface area contributed by atoms with Gasteiger partial charge in [0.1, 0.15) is 11.5 Å². The van der Waals surface area contributed by atoms with Gasteiger partial charge in [0.2, 0.25) is 5.91 Å². The van der Waals surface area contributed by atoms with Crippen LogP contribution in [0.2, 0.25) is 0 Å². The summed E-state index contributed by atoms with van der Waals surface area (Å²) >= 11 is 5.55. The summed E-state index contributed by atoms with van der Waals surface area (Å²) in [6.07, 6.45) is 0.302. The van der Waals surface area contributed by atoms with Crippen molar-refractivity contribution in [2.24, 2.45) is 0 Å². The van der Waals surface area contributed by atoms with Crippen LogP contribution in [0.5, 0.6) is 11.5 Å². The molecule has 1 saturated heterocycles. The molecule has 1 aliphatic rings. The van der Waals surface area contributed by atoms with E-state index in [0.717, 1.165) is 0 Å². The number of amides is 2. The zero-order valence-corrected chi connectivity index (χ0v) is 12.2. The Bertz CT molecular complexity index is 522. The maximum absolute atomic E-state index is 12.3. The lowest BCUT2D eigenvalue weighted by Crippen LogP contribution is -2.50. The number of phenolic OH excluding ortho intramolecular Hbond substituents is 2. The fourth-order valence-electron chi connectivity index (χ4n) is 2.30. The Morgan fingerprint density at radius 2 is 1.52 bits per heavy atom. The molecule has 1 aromatic carbocycles. The fourth-order valence-corrected chi connectivity index (χ4v) is 2.46. The molecule has 6 nitrogen and oxygen atoms in total. The lowest BCUT2D eigenvalue weighted by molar-refractivity contribution is -0.132. The number of hydrogen-bond donors (Lipinski definition) is 2. The molecule has 114 valence electrons. The molecule has 0 aliphatic carbocycles. The van der Waals surface area contributed by atoms with Crippen LogP contribution < -0.4 is 0 Å². The van der Waals surface area contributed by atoms with Gasteiger partial charge in [0.25, 0.3) is 5.91 Å². The van der Waals surface area contributed by atoms with E-state index in [-0.39, 0.29) is 28.9 Å². The van der Waals surface area contributed by atoms with E-state index in [0.29, 0.717) is 38.5 Å². The zero-order chi connectivity index (χ0) is 15.4. The van der Waals surface area contributed by atoms with Gasteiger partial charge >= 0.3 is 0 Å². The van der Waals surface area contributed by atoms with Gasteiger partial charge in [-0.05, 0) is 12.1 Å². The number of rotatable bonds is 3. The van der Waals surface area contributed by atoms with E-state index >= 15 is 0 Å². The van der Waals surface area contributed by atoms with Gasteiger partial charge in [-0.2, -0.15) is 0 Å². The Labute approximate surface area is 127 Å². The highest BCUT2D eigenvalue weighted by atomic mass is 35.5. The molecule has 1 heterocycles. The standard InChI is InChI=1S/C14H17ClN2O4/c15-2-1-13(20)16-3-5-17(6-4-16)14(21)10-7-11(18)9-12(19)8-10/h7-9,18-19H,1-6H2. The lowest BCUT2D eigenvalue weighted by atomic mass is 10.1. The second kappa shape index (κ2) is 6.67. The molecule has 0 radical (unpaired) electrons. The van der Waals surface area contributed by atoms with E-state index in [2.05, 4.69) is 0 Å². The summed E-state index contributed by atoms with van der Waals surface area (Å²) in [6.45, 7) is 1.77. The van der Waals surface area contributed by atoms with E-state index in [9.17, 15) is 19.8 Å². The molecule has 0 unspecified atom stereocenters. The molecule has 7 heteroatoms. The first-order valence-corrected chi connectivity index (χ1v) is 7.20. The molecular weight excluding hydrogens is 296 g/mol. The molecule has 0 aromatic heterocycles. The van der Waals surface area contributed by atoms with Crippen LogP contribution >= 0.6 is 11.6 Å². The van der Waals surface area contributed by atoms with Gasteiger partial charge in [-0.25, -0.2) is 0 Å². The van der Waals surface area contributed by atoms with Crippen LogP contribution in [-0.4, -0.2) is 63.9 Å². The van der Waals surface area contributed by atoms with Gasteiger partial charge in [-0.1, -0.05) is 0 Å². The van der Waals surface area contributed by atoms with Crippen molar-refractivity contribution in [3.63, 3.8) is 0 Å². The maximum Gasteiger partial charge on any atom is 0.254 e. The molecule has 0 spiro atoms. The van der Waals surface area contributed by atoms with Gasteiger partial charge < -0.3 is 20.0 Å². The number of alkyl halides is 1. The number of hydrogen-bond acceptors (Lipinski definition) is 4. The van der Waals surface area contributed by atoms with Crippen molar-refractivity contribution in [2.75, 3.05) is 32.1 Å². The van der Waals surface area contributed by atoms with Crippen molar-refractivity contribution >= 4 is 23.4 Å². The minimum absolute atomic E-state index is 0.00732. The Morgan fingerprint density at radius 1 is 1.00 bits per heavy atom. The topological polar surface area (TPSA) is 81.1 Å². The average Bonchev–Trinajstić information content (AvgIpc) is 2.46. The van der Waals surface area contributed by atoms with Crippen LogP contribution in [-0.2, 0) is 4.79 Å². The third kappa shape index (κ3) is 3.78. The summed E-state index contributed by atoms with van der Waals surface area (Å²) in [5, 5.41) is 18.8. The maximum atomic E-state index is 12.3. The van der Waals surface area contributed by atoms with Gasteiger partial charge in [-0.15, -0.1) is 11.6 Å². The van der Waals surface area contributed by atoms with E-state index in [1.807, 2.05) is 0 Å². The monoisotopic (exact) mass is 312 g/mol. The Morgan fingerprint density at radius 3 is 2.05 bits per heavy atom. The molecule has 1 aliphatic heterocycles. The normalized spacial score (nSPS) is 15.1. The van der Waals surface area contributed by atoms with E-state index in [1.165, 1.54) is 18.2 Å². The van der Waals surface area contributed by atoms with Crippen LogP contribution in [0.25, 0.3) is 0 Å². The second-order valence-electron chi connectivity index (χ2n) is 4.85. The molecular formula is C14H17ClN2O4. The highest BCUT2D eigenvalue weighted by Gasteiger charge is 2.24. The van der Waals surface area contributed by atoms with Crippen LogP contribution in [0.15, 0.2) is 18.2 Å². The molecule has 2 N–H and O–H groups in total. The second-order valence-corrected chi connectivity index (χ2v) is 5.23. The molecule has 2 rings (SSSR count). The predicted octanol–water partition coefficient (Wildman–Crippen LogP) is 1.01. The van der Waals surface area contributed by atoms with Crippen LogP contribution in [0, 0.1) is 0 Å². The summed E-state index contributed by atoms with van der Waals surface area (Å²) in [5.41, 5.74) is 0.230. The van der Waals surface area contributed by atoms with E-state index in [1.54, 1.807) is 9.80 Å². The van der Waals surface area contributed by atoms with Crippen molar-refractivity contribution in [1.29, 1.82) is 0 Å². The fraction of sp³-hybridized carbons (Fsp3) is 0.429. The average molecular weight is 313 g/mol. The minimum Gasteiger partial charge on any atom is -0.508 e. The van der Waals surface area contributed by atoms with Crippen LogP contribution in [0.4, 0.5) is 0 Å². The largest absolute Gasteiger partial charge is 0.508 e. The summed E-state index contributed by atoms with van der Waals surface area (Å²) in [4.78, 5) is 27.3. The highest BCUT2D eigenvalue weighted by Crippen LogP contribution is 2.22. The van der Waals surface area contributed by atoms with Crippen molar-refractivity contribution in [2.45, 2.75) is 6.42 Å². The number of aromatic hydroxyl groups is 2. The summed E-state index contributed by atoms with van der Waals surface area (Å²) in [6, 6.07) is 3.79. The lowest BCUT2D eigenvalue weighted by Gasteiger charge is -2.34. The van der Waals surface area contributed by atoms with Crippen LogP contribution in [0.3, 0.4) is 0 Å². The Hall–Kier alpha value is -1.95.